The van der Waals surface area contributed by atoms with E-state index in [0.717, 1.165) is 0 Å². The average Bonchev–Trinajstić information content (AvgIpc) is 3.76. The van der Waals surface area contributed by atoms with Crippen LogP contribution in [0.25, 0.3) is 22.2 Å². The van der Waals surface area contributed by atoms with Crippen molar-refractivity contribution in [3.05, 3.63) is 47.3 Å². The van der Waals surface area contributed by atoms with E-state index in [4.69, 9.17) is 33.3 Å². The number of para-hydroxylation sites is 2. The number of anilines is 1. The molecule has 3 aromatic heterocycles. The summed E-state index contributed by atoms with van der Waals surface area (Å²) in [6.07, 6.45) is -8.39. The summed E-state index contributed by atoms with van der Waals surface area (Å²) in [5.74, 6) is -0.219. The second-order valence-electron chi connectivity index (χ2n) is 10.7. The Morgan fingerprint density at radius 2 is 1.71 bits per heavy atom. The van der Waals surface area contributed by atoms with Gasteiger partial charge in [0, 0.05) is 0 Å². The lowest BCUT2D eigenvalue weighted by molar-refractivity contribution is -0.0621. The first kappa shape index (κ1) is 30.6. The zero-order valence-corrected chi connectivity index (χ0v) is 25.2. The summed E-state index contributed by atoms with van der Waals surface area (Å²) in [4.78, 5) is 37.8. The third kappa shape index (κ3) is 5.45. The van der Waals surface area contributed by atoms with E-state index in [1.54, 1.807) is 24.3 Å². The average molecular weight is 667 g/mol. The maximum atomic E-state index is 14.0. The van der Waals surface area contributed by atoms with Crippen molar-refractivity contribution in [3.63, 3.8) is 0 Å². The molecule has 4 aromatic rings. The van der Waals surface area contributed by atoms with Gasteiger partial charge in [0.25, 0.3) is 20.0 Å². The summed E-state index contributed by atoms with van der Waals surface area (Å²) in [6, 6.07) is 7.08. The molecule has 7 rings (SSSR count). The van der Waals surface area contributed by atoms with Crippen LogP contribution in [0.4, 0.5) is 5.95 Å². The minimum atomic E-state index is -4.96. The highest BCUT2D eigenvalue weighted by molar-refractivity contribution is 7.83. The maximum Gasteiger partial charge on any atom is 0.472 e. The number of aromatic amines is 1. The van der Waals surface area contributed by atoms with Gasteiger partial charge in [-0.1, -0.05) is 19.0 Å². The first-order valence-electron chi connectivity index (χ1n) is 13.9. The van der Waals surface area contributed by atoms with Crippen LogP contribution in [0.2, 0.25) is 6.82 Å². The van der Waals surface area contributed by atoms with Crippen molar-refractivity contribution >= 4 is 50.4 Å². The van der Waals surface area contributed by atoms with Gasteiger partial charge in [-0.25, -0.2) is 14.5 Å². The summed E-state index contributed by atoms with van der Waals surface area (Å²) < 4.78 is 64.2. The van der Waals surface area contributed by atoms with Crippen LogP contribution in [0.3, 0.4) is 0 Å². The molecule has 6 heterocycles. The zero-order valence-electron chi connectivity index (χ0n) is 23.4. The number of aromatic nitrogens is 6. The molecule has 6 N–H and O–H groups in total. The zero-order chi connectivity index (χ0) is 31.7. The van der Waals surface area contributed by atoms with Gasteiger partial charge in [0.05, 0.1) is 36.9 Å². The topological polar surface area (TPSA) is 258 Å². The number of nitrogen functional groups attached to an aromatic ring is 1. The Morgan fingerprint density at radius 1 is 0.978 bits per heavy atom. The fourth-order valence-electron chi connectivity index (χ4n) is 5.64. The van der Waals surface area contributed by atoms with Crippen molar-refractivity contribution in [2.75, 3.05) is 18.9 Å². The van der Waals surface area contributed by atoms with Crippen molar-refractivity contribution in [2.24, 2.45) is 0 Å². The molecule has 19 nitrogen and oxygen atoms in total. The number of hydrogen-bond acceptors (Lipinski definition) is 15. The van der Waals surface area contributed by atoms with Crippen LogP contribution in [0.15, 0.2) is 41.7 Å². The maximum absolute atomic E-state index is 14.0. The first-order valence-corrected chi connectivity index (χ1v) is 17.1. The highest BCUT2D eigenvalue weighted by Crippen LogP contribution is 2.54. The highest BCUT2D eigenvalue weighted by atomic mass is 31.2. The predicted octanol–water partition coefficient (Wildman–Crippen LogP) is -0.221. The van der Waals surface area contributed by atoms with Gasteiger partial charge in [-0.3, -0.25) is 28.0 Å². The van der Waals surface area contributed by atoms with Crippen LogP contribution >= 0.6 is 15.3 Å². The van der Waals surface area contributed by atoms with Crippen molar-refractivity contribution < 1.29 is 51.8 Å². The number of fused-ring (bicyclic) bond motifs is 5. The van der Waals surface area contributed by atoms with Crippen molar-refractivity contribution in [3.8, 4) is 0 Å². The summed E-state index contributed by atoms with van der Waals surface area (Å²) in [5, 5.41) is 22.5. The number of H-pyrrole nitrogens is 1. The Hall–Kier alpha value is -3.00. The van der Waals surface area contributed by atoms with E-state index < -0.39 is 83.1 Å². The molecule has 3 aliphatic heterocycles. The molecule has 3 saturated heterocycles. The molecule has 10 unspecified atom stereocenters. The van der Waals surface area contributed by atoms with Gasteiger partial charge < -0.3 is 43.9 Å². The molecule has 1 aromatic carbocycles. The number of aliphatic hydroxyl groups excluding tert-OH is 2. The molecule has 45 heavy (non-hydrogen) atoms. The second kappa shape index (κ2) is 11.4. The van der Waals surface area contributed by atoms with E-state index in [-0.39, 0.29) is 24.1 Å². The second-order valence-corrected chi connectivity index (χ2v) is 14.4. The monoisotopic (exact) mass is 667 g/mol. The molecule has 22 heteroatoms. The number of nitrogens with zero attached hydrogens (tertiary/aromatic N) is 5. The summed E-state index contributed by atoms with van der Waals surface area (Å²) in [5.41, 5.74) is 6.19. The van der Waals surface area contributed by atoms with E-state index >= 15 is 0 Å². The van der Waals surface area contributed by atoms with Crippen LogP contribution in [-0.2, 0) is 36.7 Å². The van der Waals surface area contributed by atoms with Gasteiger partial charge in [-0.15, -0.1) is 0 Å². The number of rotatable bonds is 3. The standard InChI is InChI=1S/C23H28BN7O12P2/c1-24-44(35)38-7-13-17(16(33)21(41-13)30-8-26-10-4-2-3-5-11(10)30)43-45(36,37)39-6-12-15(32)18(42-44)22(40-12)31-9-27-14-19(31)28-23(25)29-20(14)34/h2-5,8-9,12-13,15-18,21-22,24,32-33H,6-7H2,1H3,(H,36,37)(H3,25,28,29,34). The largest absolute Gasteiger partial charge is 0.472 e. The van der Waals surface area contributed by atoms with Gasteiger partial charge in [0.15, 0.2) is 23.6 Å². The summed E-state index contributed by atoms with van der Waals surface area (Å²) in [6.45, 7) is 0.144. The van der Waals surface area contributed by atoms with Crippen molar-refractivity contribution in [2.45, 2.75) is 55.9 Å². The predicted molar refractivity (Wildman–Crippen MR) is 154 cm³/mol. The molecule has 240 valence electrons. The number of ether oxygens (including phenoxy) is 2. The first-order chi connectivity index (χ1) is 21.5. The minimum Gasteiger partial charge on any atom is -0.387 e. The molecule has 3 fully saturated rings. The van der Waals surface area contributed by atoms with Crippen LogP contribution in [0.5, 0.6) is 0 Å². The van der Waals surface area contributed by atoms with Crippen LogP contribution in [0.1, 0.15) is 12.5 Å². The SMILES string of the molecule is CBP1(=O)OCC2OC(n3cnc4ccccc43)C(O)C2OP(=O)(O)OCC2OC(n3cnc4c(=O)[nH]c(N)nc43)C(O1)C2O. The molecule has 0 amide bonds. The van der Waals surface area contributed by atoms with Gasteiger partial charge in [-0.2, -0.15) is 4.98 Å². The van der Waals surface area contributed by atoms with E-state index in [2.05, 4.69) is 19.9 Å². The summed E-state index contributed by atoms with van der Waals surface area (Å²) in [7, 11) is -9.03. The number of hydrogen-bond donors (Lipinski definition) is 5. The summed E-state index contributed by atoms with van der Waals surface area (Å²) >= 11 is 0. The Balaban J connectivity index is 1.22. The van der Waals surface area contributed by atoms with E-state index in [1.807, 2.05) is 0 Å². The van der Waals surface area contributed by atoms with Gasteiger partial charge >= 0.3 is 7.82 Å². The smallest absolute Gasteiger partial charge is 0.387 e. The number of imidazole rings is 2. The minimum absolute atomic E-state index is 0.0256. The number of phosphoric ester groups is 1. The molecule has 0 saturated carbocycles. The fourth-order valence-corrected chi connectivity index (χ4v) is 7.97. The van der Waals surface area contributed by atoms with E-state index in [9.17, 15) is 29.0 Å². The third-order valence-electron chi connectivity index (χ3n) is 7.86. The number of nitrogens with one attached hydrogen (secondary N) is 1. The van der Waals surface area contributed by atoms with Crippen LogP contribution in [-0.4, -0.2) is 101 Å². The highest BCUT2D eigenvalue weighted by Gasteiger charge is 2.53. The van der Waals surface area contributed by atoms with E-state index in [1.165, 1.54) is 28.6 Å². The normalized spacial score (nSPS) is 37.6. The van der Waals surface area contributed by atoms with E-state index in [0.29, 0.717) is 11.0 Å². The molecular formula is C23H28BN7O12P2. The Labute approximate surface area is 253 Å². The lowest BCUT2D eigenvalue weighted by atomic mass is 10.1. The van der Waals surface area contributed by atoms with Gasteiger partial charge in [-0.05, 0) is 12.1 Å². The fraction of sp³-hybridized carbons (Fsp3) is 0.478. The molecule has 0 radical (unpaired) electrons. The number of nitrogens with two attached hydrogens (primary N) is 1. The van der Waals surface area contributed by atoms with Crippen LogP contribution in [0, 0.1) is 0 Å². The lowest BCUT2D eigenvalue weighted by Crippen LogP contribution is -2.36. The number of aliphatic hydroxyl groups is 2. The molecular weight excluding hydrogens is 639 g/mol. The molecule has 2 bridgehead atoms. The van der Waals surface area contributed by atoms with Gasteiger partial charge in [0.2, 0.25) is 5.95 Å². The lowest BCUT2D eigenvalue weighted by Gasteiger charge is -2.28. The molecule has 0 aliphatic carbocycles. The van der Waals surface area contributed by atoms with Crippen LogP contribution < -0.4 is 11.3 Å². The number of benzene rings is 1. The Bertz CT molecular complexity index is 1900. The Kier molecular flexibility index (Phi) is 7.74. The molecule has 3 aliphatic rings. The van der Waals surface area contributed by atoms with Gasteiger partial charge in [0.1, 0.15) is 36.6 Å². The number of phosphoric acid groups is 1. The third-order valence-corrected chi connectivity index (χ3v) is 10.7. The Morgan fingerprint density at radius 3 is 2.51 bits per heavy atom. The van der Waals surface area contributed by atoms with Crippen molar-refractivity contribution in [1.82, 2.24) is 29.1 Å². The van der Waals surface area contributed by atoms with Crippen molar-refractivity contribution in [1.29, 1.82) is 0 Å². The molecule has 10 atom stereocenters. The quantitative estimate of drug-likeness (QED) is 0.140. The molecule has 0 spiro atoms.